The molecule has 2 N–H and O–H groups in total. The van der Waals surface area contributed by atoms with E-state index in [9.17, 15) is 10.2 Å². The summed E-state index contributed by atoms with van der Waals surface area (Å²) in [5.74, 6) is 0.0714. The highest BCUT2D eigenvalue weighted by Gasteiger charge is 1.99. The first-order valence-electron chi connectivity index (χ1n) is 8.84. The third-order valence-corrected chi connectivity index (χ3v) is 4.12. The smallest absolute Gasteiger partial charge is 0.128 e. The predicted octanol–water partition coefficient (Wildman–Crippen LogP) is 5.75. The molecule has 0 aliphatic rings. The molecule has 128 valence electrons. The number of unbranched alkanes of at least 4 members (excludes halogenated alkanes) is 5. The van der Waals surface area contributed by atoms with Crippen LogP contribution in [-0.4, -0.2) is 16.4 Å². The highest BCUT2D eigenvalue weighted by Crippen LogP contribution is 2.22. The van der Waals surface area contributed by atoms with Gasteiger partial charge in [-0.2, -0.15) is 0 Å². The minimum absolute atomic E-state index is 0.0263. The SMILES string of the molecule is CCCCCCCCc1ccc(N=Cc2ccc(O)cc2O)cc1. The van der Waals surface area contributed by atoms with E-state index in [0.717, 1.165) is 12.1 Å². The number of hydrogen-bond acceptors (Lipinski definition) is 3. The monoisotopic (exact) mass is 325 g/mol. The average molecular weight is 325 g/mol. The molecule has 0 saturated carbocycles. The Hall–Kier alpha value is -2.29. The van der Waals surface area contributed by atoms with Crippen molar-refractivity contribution in [2.24, 2.45) is 4.99 Å². The first-order chi connectivity index (χ1) is 11.7. The van der Waals surface area contributed by atoms with Gasteiger partial charge in [-0.1, -0.05) is 51.2 Å². The first kappa shape index (κ1) is 18.1. The molecule has 0 atom stereocenters. The summed E-state index contributed by atoms with van der Waals surface area (Å²) in [4.78, 5) is 4.37. The number of aliphatic imine (C=N–C) groups is 1. The van der Waals surface area contributed by atoms with E-state index in [1.54, 1.807) is 12.3 Å². The second-order valence-electron chi connectivity index (χ2n) is 6.19. The topological polar surface area (TPSA) is 52.8 Å². The lowest BCUT2D eigenvalue weighted by atomic mass is 10.0. The Morgan fingerprint density at radius 2 is 1.58 bits per heavy atom. The minimum atomic E-state index is 0.0263. The second kappa shape index (κ2) is 9.76. The number of aromatic hydroxyl groups is 2. The van der Waals surface area contributed by atoms with E-state index in [2.05, 4.69) is 24.0 Å². The lowest BCUT2D eigenvalue weighted by Gasteiger charge is -2.03. The summed E-state index contributed by atoms with van der Waals surface area (Å²) in [5.41, 5.74) is 2.79. The fourth-order valence-electron chi connectivity index (χ4n) is 2.64. The summed E-state index contributed by atoms with van der Waals surface area (Å²) in [7, 11) is 0. The van der Waals surface area contributed by atoms with Crippen LogP contribution >= 0.6 is 0 Å². The van der Waals surface area contributed by atoms with Crippen LogP contribution in [0.5, 0.6) is 11.5 Å². The molecule has 24 heavy (non-hydrogen) atoms. The van der Waals surface area contributed by atoms with Gasteiger partial charge in [0.15, 0.2) is 0 Å². The van der Waals surface area contributed by atoms with Gasteiger partial charge in [0, 0.05) is 17.8 Å². The molecule has 2 aromatic rings. The van der Waals surface area contributed by atoms with E-state index in [0.29, 0.717) is 5.56 Å². The van der Waals surface area contributed by atoms with Gasteiger partial charge in [-0.05, 0) is 42.7 Å². The Bertz CT molecular complexity index is 647. The Morgan fingerprint density at radius 3 is 2.29 bits per heavy atom. The van der Waals surface area contributed by atoms with Crippen LogP contribution in [0.25, 0.3) is 0 Å². The average Bonchev–Trinajstić information content (AvgIpc) is 2.58. The second-order valence-corrected chi connectivity index (χ2v) is 6.19. The molecule has 0 unspecified atom stereocenters. The number of hydrogen-bond donors (Lipinski definition) is 2. The summed E-state index contributed by atoms with van der Waals surface area (Å²) in [6.07, 6.45) is 10.6. The Morgan fingerprint density at radius 1 is 0.875 bits per heavy atom. The first-order valence-corrected chi connectivity index (χ1v) is 8.84. The van der Waals surface area contributed by atoms with Crippen LogP contribution in [-0.2, 0) is 6.42 Å². The van der Waals surface area contributed by atoms with Crippen LogP contribution in [0.1, 0.15) is 56.6 Å². The molecule has 0 aromatic heterocycles. The van der Waals surface area contributed by atoms with Crippen LogP contribution in [0.4, 0.5) is 5.69 Å². The summed E-state index contributed by atoms with van der Waals surface area (Å²) in [5, 5.41) is 19.0. The van der Waals surface area contributed by atoms with Crippen molar-refractivity contribution >= 4 is 11.9 Å². The fraction of sp³-hybridized carbons (Fsp3) is 0.381. The Labute approximate surface area is 144 Å². The maximum Gasteiger partial charge on any atom is 0.128 e. The van der Waals surface area contributed by atoms with Crippen LogP contribution in [0.15, 0.2) is 47.5 Å². The molecule has 0 spiro atoms. The normalized spacial score (nSPS) is 11.2. The molecule has 0 aliphatic carbocycles. The molecule has 0 fully saturated rings. The van der Waals surface area contributed by atoms with Gasteiger partial charge in [-0.25, -0.2) is 0 Å². The van der Waals surface area contributed by atoms with Gasteiger partial charge in [0.1, 0.15) is 11.5 Å². The molecular weight excluding hydrogens is 298 g/mol. The van der Waals surface area contributed by atoms with Crippen LogP contribution in [0.3, 0.4) is 0 Å². The van der Waals surface area contributed by atoms with Gasteiger partial charge in [-0.15, -0.1) is 0 Å². The lowest BCUT2D eigenvalue weighted by Crippen LogP contribution is -1.86. The lowest BCUT2D eigenvalue weighted by molar-refractivity contribution is 0.450. The van der Waals surface area contributed by atoms with Gasteiger partial charge in [-0.3, -0.25) is 4.99 Å². The van der Waals surface area contributed by atoms with Crippen molar-refractivity contribution in [1.82, 2.24) is 0 Å². The maximum absolute atomic E-state index is 9.74. The number of phenolic OH excluding ortho intramolecular Hbond substituents is 2. The number of rotatable bonds is 9. The van der Waals surface area contributed by atoms with Crippen molar-refractivity contribution in [1.29, 1.82) is 0 Å². The van der Waals surface area contributed by atoms with Crippen LogP contribution in [0.2, 0.25) is 0 Å². The van der Waals surface area contributed by atoms with Gasteiger partial charge < -0.3 is 10.2 Å². The largest absolute Gasteiger partial charge is 0.508 e. The minimum Gasteiger partial charge on any atom is -0.508 e. The molecule has 0 bridgehead atoms. The number of aryl methyl sites for hydroxylation is 1. The van der Waals surface area contributed by atoms with E-state index >= 15 is 0 Å². The highest BCUT2D eigenvalue weighted by atomic mass is 16.3. The molecule has 0 heterocycles. The van der Waals surface area contributed by atoms with E-state index < -0.39 is 0 Å². The Kier molecular flexibility index (Phi) is 7.34. The van der Waals surface area contributed by atoms with Crippen molar-refractivity contribution in [2.45, 2.75) is 51.9 Å². The summed E-state index contributed by atoms with van der Waals surface area (Å²) in [6.45, 7) is 2.24. The third-order valence-electron chi connectivity index (χ3n) is 4.12. The number of benzene rings is 2. The zero-order chi connectivity index (χ0) is 17.2. The van der Waals surface area contributed by atoms with E-state index in [1.807, 2.05) is 12.1 Å². The Balaban J connectivity index is 1.82. The van der Waals surface area contributed by atoms with Gasteiger partial charge in [0.25, 0.3) is 0 Å². The zero-order valence-electron chi connectivity index (χ0n) is 14.4. The van der Waals surface area contributed by atoms with Crippen LogP contribution < -0.4 is 0 Å². The summed E-state index contributed by atoms with van der Waals surface area (Å²) < 4.78 is 0. The van der Waals surface area contributed by atoms with Crippen molar-refractivity contribution in [3.8, 4) is 11.5 Å². The summed E-state index contributed by atoms with van der Waals surface area (Å²) >= 11 is 0. The molecule has 3 nitrogen and oxygen atoms in total. The fourth-order valence-corrected chi connectivity index (χ4v) is 2.64. The molecule has 2 aromatic carbocycles. The number of phenols is 2. The summed E-state index contributed by atoms with van der Waals surface area (Å²) in [6, 6.07) is 12.7. The molecule has 0 radical (unpaired) electrons. The van der Waals surface area contributed by atoms with Gasteiger partial charge in [0.05, 0.1) is 5.69 Å². The van der Waals surface area contributed by atoms with E-state index in [4.69, 9.17) is 0 Å². The molecule has 3 heteroatoms. The van der Waals surface area contributed by atoms with Gasteiger partial charge in [0.2, 0.25) is 0 Å². The van der Waals surface area contributed by atoms with Gasteiger partial charge >= 0.3 is 0 Å². The van der Waals surface area contributed by atoms with Crippen molar-refractivity contribution < 1.29 is 10.2 Å². The highest BCUT2D eigenvalue weighted by molar-refractivity contribution is 5.85. The van der Waals surface area contributed by atoms with Crippen molar-refractivity contribution in [2.75, 3.05) is 0 Å². The van der Waals surface area contributed by atoms with E-state index in [-0.39, 0.29) is 11.5 Å². The molecule has 0 amide bonds. The predicted molar refractivity (Wildman–Crippen MR) is 101 cm³/mol. The molecule has 2 rings (SSSR count). The molecule has 0 aliphatic heterocycles. The van der Waals surface area contributed by atoms with Crippen LogP contribution in [0, 0.1) is 0 Å². The van der Waals surface area contributed by atoms with Crippen molar-refractivity contribution in [3.63, 3.8) is 0 Å². The third kappa shape index (κ3) is 6.07. The molecular formula is C21H27NO2. The van der Waals surface area contributed by atoms with E-state index in [1.165, 1.54) is 56.2 Å². The number of nitrogens with zero attached hydrogens (tertiary/aromatic N) is 1. The van der Waals surface area contributed by atoms with Crippen molar-refractivity contribution in [3.05, 3.63) is 53.6 Å². The zero-order valence-corrected chi connectivity index (χ0v) is 14.4. The quantitative estimate of drug-likeness (QED) is 0.455. The maximum atomic E-state index is 9.74. The molecule has 0 saturated heterocycles. The standard InChI is InChI=1S/C21H27NO2/c1-2-3-4-5-6-7-8-17-9-12-19(13-10-17)22-16-18-11-14-20(23)15-21(18)24/h9-16,23-24H,2-8H2,1H3.